The van der Waals surface area contributed by atoms with Gasteiger partial charge < -0.3 is 5.73 Å². The summed E-state index contributed by atoms with van der Waals surface area (Å²) < 4.78 is 0. The summed E-state index contributed by atoms with van der Waals surface area (Å²) in [5.41, 5.74) is 5.20. The summed E-state index contributed by atoms with van der Waals surface area (Å²) in [5.74, 6) is -1.32. The summed E-state index contributed by atoms with van der Waals surface area (Å²) in [6.45, 7) is 3.18. The van der Waals surface area contributed by atoms with Crippen molar-refractivity contribution in [1.82, 2.24) is 0 Å². The highest BCUT2D eigenvalue weighted by molar-refractivity contribution is 5.89. The fraction of sp³-hybridized carbons (Fsp3) is 0.667. The number of hydrogen-bond donors (Lipinski definition) is 1. The highest BCUT2D eigenvalue weighted by atomic mass is 16.2. The van der Waals surface area contributed by atoms with E-state index < -0.39 is 0 Å². The Bertz CT molecular complexity index is 238. The number of nitrogens with zero attached hydrogens (tertiary/aromatic N) is 1. The Balaban J connectivity index is 2.72. The summed E-state index contributed by atoms with van der Waals surface area (Å²) in [6, 6.07) is 0. The Morgan fingerprint density at radius 1 is 1.23 bits per heavy atom. The van der Waals surface area contributed by atoms with Gasteiger partial charge in [0.2, 0.25) is 11.8 Å². The molecule has 72 valence electrons. The molecule has 2 atom stereocenters. The second-order valence-corrected chi connectivity index (χ2v) is 3.40. The first kappa shape index (κ1) is 9.89. The maximum Gasteiger partial charge on any atom is 0.248 e. The van der Waals surface area contributed by atoms with Gasteiger partial charge in [0.05, 0.1) is 5.92 Å². The zero-order chi connectivity index (χ0) is 9.84. The first-order valence-electron chi connectivity index (χ1n) is 4.46. The SMILES string of the molecule is C=NC(=O)C1CCCCC1C(N)=O. The molecule has 0 bridgehead atoms. The van der Waals surface area contributed by atoms with Crippen LogP contribution in [0.15, 0.2) is 4.99 Å². The zero-order valence-corrected chi connectivity index (χ0v) is 7.53. The number of aliphatic imine (C=N–C) groups is 1. The van der Waals surface area contributed by atoms with Gasteiger partial charge in [-0.25, -0.2) is 4.99 Å². The molecule has 0 aromatic heterocycles. The maximum atomic E-state index is 11.2. The molecule has 1 aliphatic rings. The van der Waals surface area contributed by atoms with E-state index in [2.05, 4.69) is 11.7 Å². The fourth-order valence-electron chi connectivity index (χ4n) is 1.88. The van der Waals surface area contributed by atoms with Crippen molar-refractivity contribution in [3.63, 3.8) is 0 Å². The second kappa shape index (κ2) is 4.16. The van der Waals surface area contributed by atoms with Gasteiger partial charge in [-0.05, 0) is 19.6 Å². The van der Waals surface area contributed by atoms with Gasteiger partial charge in [-0.3, -0.25) is 9.59 Å². The summed E-state index contributed by atoms with van der Waals surface area (Å²) in [7, 11) is 0. The number of primary amides is 1. The highest BCUT2D eigenvalue weighted by Crippen LogP contribution is 2.30. The lowest BCUT2D eigenvalue weighted by molar-refractivity contribution is -0.132. The molecule has 4 nitrogen and oxygen atoms in total. The van der Waals surface area contributed by atoms with Crippen molar-refractivity contribution in [2.75, 3.05) is 0 Å². The largest absolute Gasteiger partial charge is 0.369 e. The first-order valence-corrected chi connectivity index (χ1v) is 4.46. The summed E-state index contributed by atoms with van der Waals surface area (Å²) >= 11 is 0. The van der Waals surface area contributed by atoms with Crippen LogP contribution >= 0.6 is 0 Å². The number of rotatable bonds is 2. The number of hydrogen-bond acceptors (Lipinski definition) is 2. The van der Waals surface area contributed by atoms with Gasteiger partial charge in [0, 0.05) is 5.92 Å². The van der Waals surface area contributed by atoms with Crippen molar-refractivity contribution in [2.45, 2.75) is 25.7 Å². The van der Waals surface area contributed by atoms with Crippen LogP contribution in [0.3, 0.4) is 0 Å². The molecule has 1 rings (SSSR count). The van der Waals surface area contributed by atoms with E-state index in [1.807, 2.05) is 0 Å². The summed E-state index contributed by atoms with van der Waals surface area (Å²) in [5, 5.41) is 0. The number of carbonyl (C=O) groups is 2. The van der Waals surface area contributed by atoms with E-state index in [9.17, 15) is 9.59 Å². The van der Waals surface area contributed by atoms with Crippen molar-refractivity contribution in [2.24, 2.45) is 22.6 Å². The fourth-order valence-corrected chi connectivity index (χ4v) is 1.88. The zero-order valence-electron chi connectivity index (χ0n) is 7.53. The molecule has 1 saturated carbocycles. The highest BCUT2D eigenvalue weighted by Gasteiger charge is 2.33. The Labute approximate surface area is 77.2 Å². The molecule has 1 aliphatic carbocycles. The van der Waals surface area contributed by atoms with Gasteiger partial charge in [-0.1, -0.05) is 12.8 Å². The molecule has 4 heteroatoms. The number of amides is 2. The summed E-state index contributed by atoms with van der Waals surface area (Å²) in [6.07, 6.45) is 3.36. The van der Waals surface area contributed by atoms with Crippen molar-refractivity contribution < 1.29 is 9.59 Å². The van der Waals surface area contributed by atoms with Gasteiger partial charge in [-0.15, -0.1) is 0 Å². The molecule has 2 unspecified atom stereocenters. The Morgan fingerprint density at radius 3 is 2.23 bits per heavy atom. The first-order chi connectivity index (χ1) is 6.16. The Kier molecular flexibility index (Phi) is 3.17. The predicted molar refractivity (Wildman–Crippen MR) is 49.2 cm³/mol. The predicted octanol–water partition coefficient (Wildman–Crippen LogP) is 0.505. The maximum absolute atomic E-state index is 11.2. The molecule has 2 N–H and O–H groups in total. The standard InChI is InChI=1S/C9H14N2O2/c1-11-9(13)7-5-3-2-4-6(7)8(10)12/h6-7H,1-5H2,(H2,10,12). The minimum atomic E-state index is -0.387. The quantitative estimate of drug-likeness (QED) is 0.632. The van der Waals surface area contributed by atoms with Gasteiger partial charge in [0.25, 0.3) is 0 Å². The lowest BCUT2D eigenvalue weighted by atomic mass is 9.78. The van der Waals surface area contributed by atoms with Crippen LogP contribution < -0.4 is 5.73 Å². The minimum Gasteiger partial charge on any atom is -0.369 e. The average Bonchev–Trinajstić information content (AvgIpc) is 2.16. The van der Waals surface area contributed by atoms with Crippen LogP contribution in [0.4, 0.5) is 0 Å². The van der Waals surface area contributed by atoms with Crippen LogP contribution in [0.2, 0.25) is 0 Å². The minimum absolute atomic E-state index is 0.288. The Morgan fingerprint density at radius 2 is 1.77 bits per heavy atom. The molecule has 0 spiro atoms. The van der Waals surface area contributed by atoms with E-state index in [-0.39, 0.29) is 23.7 Å². The number of carbonyl (C=O) groups excluding carboxylic acids is 2. The van der Waals surface area contributed by atoms with E-state index in [4.69, 9.17) is 5.73 Å². The molecule has 0 aromatic carbocycles. The molecule has 2 amide bonds. The molecule has 0 aromatic rings. The third-order valence-corrected chi connectivity index (χ3v) is 2.60. The van der Waals surface area contributed by atoms with E-state index in [1.165, 1.54) is 0 Å². The monoisotopic (exact) mass is 182 g/mol. The number of nitrogens with two attached hydrogens (primary N) is 1. The van der Waals surface area contributed by atoms with Gasteiger partial charge in [0.15, 0.2) is 0 Å². The lowest BCUT2D eigenvalue weighted by Crippen LogP contribution is -2.36. The van der Waals surface area contributed by atoms with Crippen molar-refractivity contribution in [1.29, 1.82) is 0 Å². The average molecular weight is 182 g/mol. The second-order valence-electron chi connectivity index (χ2n) is 3.40. The van der Waals surface area contributed by atoms with Gasteiger partial charge in [-0.2, -0.15) is 0 Å². The smallest absolute Gasteiger partial charge is 0.248 e. The van der Waals surface area contributed by atoms with Crippen LogP contribution in [0, 0.1) is 11.8 Å². The van der Waals surface area contributed by atoms with Crippen LogP contribution in [0.1, 0.15) is 25.7 Å². The molecular weight excluding hydrogens is 168 g/mol. The molecule has 1 fully saturated rings. The Hall–Kier alpha value is -1.19. The van der Waals surface area contributed by atoms with Crippen molar-refractivity contribution >= 4 is 18.5 Å². The van der Waals surface area contributed by atoms with Crippen LogP contribution in [-0.2, 0) is 9.59 Å². The molecule has 0 heterocycles. The molecular formula is C9H14N2O2. The van der Waals surface area contributed by atoms with Crippen LogP contribution in [-0.4, -0.2) is 18.5 Å². The van der Waals surface area contributed by atoms with Crippen molar-refractivity contribution in [3.8, 4) is 0 Å². The molecule has 13 heavy (non-hydrogen) atoms. The molecule has 0 aliphatic heterocycles. The normalized spacial score (nSPS) is 28.0. The van der Waals surface area contributed by atoms with Crippen LogP contribution in [0.5, 0.6) is 0 Å². The topological polar surface area (TPSA) is 72.5 Å². The molecule has 0 radical (unpaired) electrons. The lowest BCUT2D eigenvalue weighted by Gasteiger charge is -2.26. The van der Waals surface area contributed by atoms with Crippen molar-refractivity contribution in [3.05, 3.63) is 0 Å². The third-order valence-electron chi connectivity index (χ3n) is 2.60. The van der Waals surface area contributed by atoms with Gasteiger partial charge in [0.1, 0.15) is 0 Å². The summed E-state index contributed by atoms with van der Waals surface area (Å²) in [4.78, 5) is 25.6. The van der Waals surface area contributed by atoms with Gasteiger partial charge >= 0.3 is 0 Å². The van der Waals surface area contributed by atoms with E-state index >= 15 is 0 Å². The van der Waals surface area contributed by atoms with Crippen LogP contribution in [0.25, 0.3) is 0 Å². The van der Waals surface area contributed by atoms with E-state index in [0.717, 1.165) is 12.8 Å². The van der Waals surface area contributed by atoms with E-state index in [0.29, 0.717) is 12.8 Å². The molecule has 0 saturated heterocycles. The van der Waals surface area contributed by atoms with E-state index in [1.54, 1.807) is 0 Å². The third kappa shape index (κ3) is 2.14.